The van der Waals surface area contributed by atoms with Crippen LogP contribution in [0.3, 0.4) is 0 Å². The van der Waals surface area contributed by atoms with Crippen LogP contribution in [0.5, 0.6) is 0 Å². The molecule has 1 heterocycles. The minimum Gasteiger partial charge on any atom is -0.442 e. The second-order valence-electron chi connectivity index (χ2n) is 5.83. The summed E-state index contributed by atoms with van der Waals surface area (Å²) < 4.78 is 57.1. The van der Waals surface area contributed by atoms with Gasteiger partial charge in [0.2, 0.25) is 5.95 Å². The second-order valence-corrected chi connectivity index (χ2v) is 5.83. The summed E-state index contributed by atoms with van der Waals surface area (Å²) in [5, 5.41) is 3.40. The largest absolute Gasteiger partial charge is 0.442 e. The van der Waals surface area contributed by atoms with E-state index in [1.165, 1.54) is 0 Å². The number of aromatic nitrogens is 2. The minimum absolute atomic E-state index is 0.0930. The highest BCUT2D eigenvalue weighted by Crippen LogP contribution is 2.31. The van der Waals surface area contributed by atoms with Gasteiger partial charge in [0, 0.05) is 6.20 Å². The van der Waals surface area contributed by atoms with Crippen molar-refractivity contribution >= 4 is 6.09 Å². The Bertz CT molecular complexity index is 713. The average molecular weight is 330 g/mol. The van der Waals surface area contributed by atoms with Gasteiger partial charge in [-0.15, -0.1) is 5.10 Å². The first kappa shape index (κ1) is 17.0. The first-order valence-corrected chi connectivity index (χ1v) is 6.63. The summed E-state index contributed by atoms with van der Waals surface area (Å²) in [6.45, 7) is 4.92. The Morgan fingerprint density at radius 2 is 1.70 bits per heavy atom. The SMILES string of the molecule is CC(C)(C)OC(=O)n1cc(-c2ccc(C(F)(F)F)cc2)c(F)n1. The smallest absolute Gasteiger partial charge is 0.435 e. The lowest BCUT2D eigenvalue weighted by Gasteiger charge is -2.18. The van der Waals surface area contributed by atoms with Crippen LogP contribution in [0.2, 0.25) is 0 Å². The molecule has 1 aromatic heterocycles. The number of alkyl halides is 3. The van der Waals surface area contributed by atoms with Crippen molar-refractivity contribution < 1.29 is 27.1 Å². The summed E-state index contributed by atoms with van der Waals surface area (Å²) in [4.78, 5) is 11.8. The van der Waals surface area contributed by atoms with Crippen LogP contribution < -0.4 is 0 Å². The molecule has 0 aliphatic heterocycles. The molecule has 0 aliphatic carbocycles. The highest BCUT2D eigenvalue weighted by atomic mass is 19.4. The van der Waals surface area contributed by atoms with Gasteiger partial charge in [0.1, 0.15) is 5.60 Å². The quantitative estimate of drug-likeness (QED) is 0.724. The third kappa shape index (κ3) is 4.08. The van der Waals surface area contributed by atoms with Crippen LogP contribution >= 0.6 is 0 Å². The summed E-state index contributed by atoms with van der Waals surface area (Å²) in [6.07, 6.45) is -4.28. The summed E-state index contributed by atoms with van der Waals surface area (Å²) in [7, 11) is 0. The summed E-state index contributed by atoms with van der Waals surface area (Å²) >= 11 is 0. The van der Waals surface area contributed by atoms with Gasteiger partial charge in [0.15, 0.2) is 0 Å². The molecule has 1 aromatic carbocycles. The van der Waals surface area contributed by atoms with E-state index in [0.29, 0.717) is 4.68 Å². The minimum atomic E-state index is -4.47. The number of carbonyl (C=O) groups is 1. The van der Waals surface area contributed by atoms with Crippen molar-refractivity contribution in [2.24, 2.45) is 0 Å². The third-order valence-electron chi connectivity index (χ3n) is 2.77. The number of benzene rings is 1. The number of hydrogen-bond donors (Lipinski definition) is 0. The van der Waals surface area contributed by atoms with Gasteiger partial charge in [-0.05, 0) is 38.5 Å². The van der Waals surface area contributed by atoms with Gasteiger partial charge in [0.25, 0.3) is 0 Å². The maximum atomic E-state index is 13.9. The molecule has 0 amide bonds. The van der Waals surface area contributed by atoms with Crippen LogP contribution in [0.15, 0.2) is 30.5 Å². The van der Waals surface area contributed by atoms with E-state index >= 15 is 0 Å². The molecule has 0 saturated heterocycles. The zero-order valence-corrected chi connectivity index (χ0v) is 12.6. The lowest BCUT2D eigenvalue weighted by molar-refractivity contribution is -0.137. The molecule has 0 atom stereocenters. The molecule has 124 valence electrons. The number of hydrogen-bond acceptors (Lipinski definition) is 3. The van der Waals surface area contributed by atoms with Crippen molar-refractivity contribution in [2.75, 3.05) is 0 Å². The van der Waals surface area contributed by atoms with Gasteiger partial charge in [-0.2, -0.15) is 22.2 Å². The van der Waals surface area contributed by atoms with Crippen LogP contribution in [0.25, 0.3) is 11.1 Å². The molecule has 0 radical (unpaired) electrons. The standard InChI is InChI=1S/C15H14F4N2O2/c1-14(2,3)23-13(22)21-8-11(12(16)20-21)9-4-6-10(7-5-9)15(17,18)19/h4-8H,1-3H3. The Morgan fingerprint density at radius 3 is 2.17 bits per heavy atom. The first-order chi connectivity index (χ1) is 10.5. The van der Waals surface area contributed by atoms with Gasteiger partial charge in [-0.25, -0.2) is 4.79 Å². The van der Waals surface area contributed by atoms with E-state index in [2.05, 4.69) is 5.10 Å². The molecule has 0 aliphatic rings. The molecule has 8 heteroatoms. The Balaban J connectivity index is 2.30. The molecule has 23 heavy (non-hydrogen) atoms. The van der Waals surface area contributed by atoms with E-state index in [1.54, 1.807) is 20.8 Å². The fraction of sp³-hybridized carbons (Fsp3) is 0.333. The number of nitrogens with zero attached hydrogens (tertiary/aromatic N) is 2. The molecule has 0 N–H and O–H groups in total. The van der Waals surface area contributed by atoms with Crippen LogP contribution in [-0.2, 0) is 10.9 Å². The van der Waals surface area contributed by atoms with E-state index in [4.69, 9.17) is 4.74 Å². The Hall–Kier alpha value is -2.38. The molecule has 0 unspecified atom stereocenters. The summed E-state index contributed by atoms with van der Waals surface area (Å²) in [5.74, 6) is -0.976. The Labute approximate surface area is 129 Å². The fourth-order valence-electron chi connectivity index (χ4n) is 1.79. The maximum Gasteiger partial charge on any atom is 0.435 e. The zero-order chi connectivity index (χ0) is 17.4. The highest BCUT2D eigenvalue weighted by Gasteiger charge is 2.30. The molecule has 0 spiro atoms. The Kier molecular flexibility index (Phi) is 4.19. The van der Waals surface area contributed by atoms with Gasteiger partial charge < -0.3 is 4.74 Å². The summed E-state index contributed by atoms with van der Waals surface area (Å²) in [5.41, 5.74) is -1.55. The van der Waals surface area contributed by atoms with Gasteiger partial charge >= 0.3 is 12.3 Å². The molecule has 0 fully saturated rings. The van der Waals surface area contributed by atoms with E-state index in [0.717, 1.165) is 30.5 Å². The van der Waals surface area contributed by atoms with Crippen molar-refractivity contribution in [2.45, 2.75) is 32.5 Å². The van der Waals surface area contributed by atoms with Crippen molar-refractivity contribution in [3.63, 3.8) is 0 Å². The first-order valence-electron chi connectivity index (χ1n) is 6.63. The van der Waals surface area contributed by atoms with Gasteiger partial charge in [-0.1, -0.05) is 12.1 Å². The lowest BCUT2D eigenvalue weighted by atomic mass is 10.1. The predicted molar refractivity (Wildman–Crippen MR) is 74.3 cm³/mol. The van der Waals surface area contributed by atoms with Crippen LogP contribution in [0.4, 0.5) is 22.4 Å². The van der Waals surface area contributed by atoms with Gasteiger partial charge in [0.05, 0.1) is 11.1 Å². The molecular weight excluding hydrogens is 316 g/mol. The number of ether oxygens (including phenoxy) is 1. The molecule has 2 aromatic rings. The number of rotatable bonds is 1. The van der Waals surface area contributed by atoms with Gasteiger partial charge in [-0.3, -0.25) is 0 Å². The van der Waals surface area contributed by atoms with Crippen LogP contribution in [-0.4, -0.2) is 21.5 Å². The molecule has 2 rings (SSSR count). The van der Waals surface area contributed by atoms with Crippen molar-refractivity contribution in [1.82, 2.24) is 9.78 Å². The van der Waals surface area contributed by atoms with E-state index in [1.807, 2.05) is 0 Å². The third-order valence-corrected chi connectivity index (χ3v) is 2.77. The molecule has 4 nitrogen and oxygen atoms in total. The number of carbonyl (C=O) groups excluding carboxylic acids is 1. The van der Waals surface area contributed by atoms with E-state index < -0.39 is 29.4 Å². The van der Waals surface area contributed by atoms with Crippen LogP contribution in [0, 0.1) is 5.95 Å². The normalized spacial score (nSPS) is 12.3. The average Bonchev–Trinajstić information content (AvgIpc) is 2.78. The second kappa shape index (κ2) is 5.68. The van der Waals surface area contributed by atoms with Crippen LogP contribution in [0.1, 0.15) is 26.3 Å². The highest BCUT2D eigenvalue weighted by molar-refractivity contribution is 5.73. The number of halogens is 4. The molecule has 0 bridgehead atoms. The van der Waals surface area contributed by atoms with E-state index in [9.17, 15) is 22.4 Å². The molecule has 0 saturated carbocycles. The molecular formula is C15H14F4N2O2. The monoisotopic (exact) mass is 330 g/mol. The topological polar surface area (TPSA) is 44.1 Å². The predicted octanol–water partition coefficient (Wildman–Crippen LogP) is 4.49. The van der Waals surface area contributed by atoms with Crippen molar-refractivity contribution in [3.8, 4) is 11.1 Å². The lowest BCUT2D eigenvalue weighted by Crippen LogP contribution is -2.27. The van der Waals surface area contributed by atoms with Crippen molar-refractivity contribution in [3.05, 3.63) is 42.0 Å². The Morgan fingerprint density at radius 1 is 1.13 bits per heavy atom. The maximum absolute atomic E-state index is 13.9. The fourth-order valence-corrected chi connectivity index (χ4v) is 1.79. The zero-order valence-electron chi connectivity index (χ0n) is 12.6. The summed E-state index contributed by atoms with van der Waals surface area (Å²) in [6, 6.07) is 3.89. The van der Waals surface area contributed by atoms with E-state index in [-0.39, 0.29) is 11.1 Å². The van der Waals surface area contributed by atoms with Crippen molar-refractivity contribution in [1.29, 1.82) is 0 Å².